The van der Waals surface area contributed by atoms with Gasteiger partial charge in [0.05, 0.1) is 15.1 Å². The normalized spacial score (nSPS) is 15.7. The Morgan fingerprint density at radius 2 is 1.90 bits per heavy atom. The number of anilines is 1. The number of hydrogen-bond acceptors (Lipinski definition) is 6. The van der Waals surface area contributed by atoms with E-state index in [1.54, 1.807) is 6.08 Å². The smallest absolute Gasteiger partial charge is 0.266 e. The molecule has 0 unspecified atom stereocenters. The van der Waals surface area contributed by atoms with Crippen molar-refractivity contribution in [3.63, 3.8) is 0 Å². The molecule has 0 bridgehead atoms. The van der Waals surface area contributed by atoms with E-state index in [2.05, 4.69) is 10.3 Å². The van der Waals surface area contributed by atoms with Crippen molar-refractivity contribution in [2.45, 2.75) is 0 Å². The topological polar surface area (TPSA) is 62.3 Å². The van der Waals surface area contributed by atoms with Gasteiger partial charge in [0, 0.05) is 0 Å². The number of fused-ring (bicyclic) bond motifs is 1. The number of hydrogen-bond donors (Lipinski definition) is 1. The van der Waals surface area contributed by atoms with E-state index >= 15 is 0 Å². The maximum Gasteiger partial charge on any atom is 0.266 e. The van der Waals surface area contributed by atoms with Crippen LogP contribution in [0.25, 0.3) is 16.3 Å². The van der Waals surface area contributed by atoms with Crippen LogP contribution in [0.3, 0.4) is 0 Å². The summed E-state index contributed by atoms with van der Waals surface area (Å²) in [7, 11) is 0. The van der Waals surface area contributed by atoms with E-state index in [1.165, 1.54) is 28.0 Å². The predicted octanol–water partition coefficient (Wildman–Crippen LogP) is 4.69. The van der Waals surface area contributed by atoms with E-state index < -0.39 is 0 Å². The fourth-order valence-electron chi connectivity index (χ4n) is 2.69. The van der Waals surface area contributed by atoms with Crippen LogP contribution in [0, 0.1) is 0 Å². The minimum Gasteiger partial charge on any atom is -0.300 e. The largest absolute Gasteiger partial charge is 0.300 e. The SMILES string of the molecule is O=C(CN1C(=O)/C(=C/C=C/c2ccccc2)SC1=S)Nc1nc2ccccc2s1. The minimum absolute atomic E-state index is 0.139. The number of thiazole rings is 1. The summed E-state index contributed by atoms with van der Waals surface area (Å²) in [5.74, 6) is -0.599. The molecule has 2 aromatic carbocycles. The molecule has 2 heterocycles. The predicted molar refractivity (Wildman–Crippen MR) is 124 cm³/mol. The summed E-state index contributed by atoms with van der Waals surface area (Å²) in [6.07, 6.45) is 5.44. The van der Waals surface area contributed by atoms with E-state index in [1.807, 2.05) is 66.7 Å². The Labute approximate surface area is 181 Å². The third-order valence-electron chi connectivity index (χ3n) is 4.05. The van der Waals surface area contributed by atoms with Gasteiger partial charge in [0.15, 0.2) is 5.13 Å². The van der Waals surface area contributed by atoms with Crippen molar-refractivity contribution in [1.29, 1.82) is 0 Å². The Morgan fingerprint density at radius 1 is 1.14 bits per heavy atom. The van der Waals surface area contributed by atoms with Crippen LogP contribution in [0.5, 0.6) is 0 Å². The van der Waals surface area contributed by atoms with Gasteiger partial charge in [-0.3, -0.25) is 14.5 Å². The van der Waals surface area contributed by atoms with Crippen molar-refractivity contribution in [2.24, 2.45) is 0 Å². The molecular formula is C21H15N3O2S3. The summed E-state index contributed by atoms with van der Waals surface area (Å²) in [5, 5.41) is 3.25. The number of thioether (sulfide) groups is 1. The summed E-state index contributed by atoms with van der Waals surface area (Å²) in [6.45, 7) is -0.139. The lowest BCUT2D eigenvalue weighted by Gasteiger charge is -2.13. The first-order valence-corrected chi connectivity index (χ1v) is 10.8. The van der Waals surface area contributed by atoms with Crippen LogP contribution >= 0.6 is 35.3 Å². The van der Waals surface area contributed by atoms with Crippen LogP contribution in [0.1, 0.15) is 5.56 Å². The molecule has 0 atom stereocenters. The maximum atomic E-state index is 12.6. The van der Waals surface area contributed by atoms with E-state index in [9.17, 15) is 9.59 Å². The zero-order chi connectivity index (χ0) is 20.2. The van der Waals surface area contributed by atoms with Gasteiger partial charge >= 0.3 is 0 Å². The summed E-state index contributed by atoms with van der Waals surface area (Å²) in [5.41, 5.74) is 1.86. The molecule has 0 aliphatic carbocycles. The third kappa shape index (κ3) is 4.61. The van der Waals surface area contributed by atoms with Crippen molar-refractivity contribution >= 4 is 72.9 Å². The Balaban J connectivity index is 1.40. The molecule has 3 aromatic rings. The van der Waals surface area contributed by atoms with Gasteiger partial charge in [-0.25, -0.2) is 4.98 Å². The van der Waals surface area contributed by atoms with Gasteiger partial charge in [-0.05, 0) is 23.8 Å². The second-order valence-corrected chi connectivity index (χ2v) is 8.80. The monoisotopic (exact) mass is 437 g/mol. The van der Waals surface area contributed by atoms with Crippen LogP contribution in [0.15, 0.2) is 71.7 Å². The quantitative estimate of drug-likeness (QED) is 0.463. The number of amides is 2. The maximum absolute atomic E-state index is 12.6. The van der Waals surface area contributed by atoms with Crippen molar-refractivity contribution in [1.82, 2.24) is 9.88 Å². The molecule has 1 saturated heterocycles. The second-order valence-electron chi connectivity index (χ2n) is 6.09. The summed E-state index contributed by atoms with van der Waals surface area (Å²) in [4.78, 5) is 31.2. The van der Waals surface area contributed by atoms with Gasteiger partial charge in [-0.2, -0.15) is 0 Å². The molecule has 1 aliphatic rings. The van der Waals surface area contributed by atoms with Gasteiger partial charge in [-0.15, -0.1) is 0 Å². The molecule has 29 heavy (non-hydrogen) atoms. The lowest BCUT2D eigenvalue weighted by atomic mass is 10.2. The van der Waals surface area contributed by atoms with Crippen molar-refractivity contribution in [3.05, 3.63) is 77.2 Å². The molecule has 1 aliphatic heterocycles. The molecule has 1 aromatic heterocycles. The number of benzene rings is 2. The van der Waals surface area contributed by atoms with Crippen LogP contribution in [0.4, 0.5) is 5.13 Å². The number of allylic oxidation sites excluding steroid dienone is 2. The molecule has 0 saturated carbocycles. The van der Waals surface area contributed by atoms with Gasteiger partial charge in [-0.1, -0.05) is 89.9 Å². The Morgan fingerprint density at radius 3 is 2.69 bits per heavy atom. The molecule has 2 amide bonds. The molecule has 144 valence electrons. The Bertz CT molecular complexity index is 1120. The first-order chi connectivity index (χ1) is 14.1. The number of carbonyl (C=O) groups excluding carboxylic acids is 2. The zero-order valence-corrected chi connectivity index (χ0v) is 17.5. The number of thiocarbonyl (C=S) groups is 1. The van der Waals surface area contributed by atoms with E-state index in [4.69, 9.17) is 12.2 Å². The average molecular weight is 438 g/mol. The lowest BCUT2D eigenvalue weighted by molar-refractivity contribution is -0.126. The van der Waals surface area contributed by atoms with Gasteiger partial charge in [0.2, 0.25) is 5.91 Å². The standard InChI is InChI=1S/C21H15N3O2S3/c25-18(23-20-22-15-10-4-5-11-16(15)28-20)13-24-19(26)17(29-21(24)27)12-6-9-14-7-2-1-3-8-14/h1-12H,13H2,(H,22,23,25)/b9-6+,17-12-. The molecular weight excluding hydrogens is 422 g/mol. The fraction of sp³-hybridized carbons (Fsp3) is 0.0476. The van der Waals surface area contributed by atoms with Crippen LogP contribution in [-0.2, 0) is 9.59 Å². The van der Waals surface area contributed by atoms with Crippen LogP contribution in [0.2, 0.25) is 0 Å². The molecule has 0 spiro atoms. The highest BCUT2D eigenvalue weighted by atomic mass is 32.2. The van der Waals surface area contributed by atoms with Crippen molar-refractivity contribution in [2.75, 3.05) is 11.9 Å². The highest BCUT2D eigenvalue weighted by molar-refractivity contribution is 8.26. The number of aromatic nitrogens is 1. The molecule has 8 heteroatoms. The number of carbonyl (C=O) groups is 2. The zero-order valence-electron chi connectivity index (χ0n) is 15.1. The van der Waals surface area contributed by atoms with E-state index in [-0.39, 0.29) is 18.4 Å². The minimum atomic E-state index is -0.332. The number of rotatable bonds is 5. The molecule has 0 radical (unpaired) electrons. The molecule has 5 nitrogen and oxygen atoms in total. The molecule has 1 N–H and O–H groups in total. The van der Waals surface area contributed by atoms with E-state index in [0.29, 0.717) is 14.4 Å². The average Bonchev–Trinajstić information content (AvgIpc) is 3.24. The Kier molecular flexibility index (Phi) is 5.84. The first-order valence-electron chi connectivity index (χ1n) is 8.73. The first kappa shape index (κ1) is 19.5. The molecule has 4 rings (SSSR count). The third-order valence-corrected chi connectivity index (χ3v) is 6.40. The lowest BCUT2D eigenvalue weighted by Crippen LogP contribution is -2.36. The second kappa shape index (κ2) is 8.69. The Hall–Kier alpha value is -2.81. The summed E-state index contributed by atoms with van der Waals surface area (Å²) in [6, 6.07) is 17.4. The number of nitrogens with one attached hydrogen (secondary N) is 1. The number of nitrogens with zero attached hydrogens (tertiary/aromatic N) is 2. The van der Waals surface area contributed by atoms with Crippen molar-refractivity contribution < 1.29 is 9.59 Å². The van der Waals surface area contributed by atoms with Gasteiger partial charge < -0.3 is 5.32 Å². The van der Waals surface area contributed by atoms with Crippen molar-refractivity contribution in [3.8, 4) is 0 Å². The number of para-hydroxylation sites is 1. The summed E-state index contributed by atoms with van der Waals surface area (Å²) < 4.78 is 1.36. The highest BCUT2D eigenvalue weighted by Crippen LogP contribution is 2.31. The van der Waals surface area contributed by atoms with E-state index in [0.717, 1.165) is 15.8 Å². The summed E-state index contributed by atoms with van der Waals surface area (Å²) >= 11 is 7.87. The fourth-order valence-corrected chi connectivity index (χ4v) is 4.78. The molecule has 1 fully saturated rings. The highest BCUT2D eigenvalue weighted by Gasteiger charge is 2.33. The van der Waals surface area contributed by atoms with Crippen LogP contribution < -0.4 is 5.32 Å². The van der Waals surface area contributed by atoms with Gasteiger partial charge in [0.25, 0.3) is 5.91 Å². The van der Waals surface area contributed by atoms with Gasteiger partial charge in [0.1, 0.15) is 10.9 Å². The van der Waals surface area contributed by atoms with Crippen LogP contribution in [-0.4, -0.2) is 32.6 Å².